The van der Waals surface area contributed by atoms with Crippen LogP contribution in [0.4, 0.5) is 4.79 Å². The van der Waals surface area contributed by atoms with Gasteiger partial charge in [-0.15, -0.1) is 0 Å². The van der Waals surface area contributed by atoms with E-state index in [1.807, 2.05) is 36.4 Å². The Labute approximate surface area is 163 Å². The smallest absolute Gasteiger partial charge is 0.407 e. The second-order valence-electron chi connectivity index (χ2n) is 7.10. The zero-order valence-corrected chi connectivity index (χ0v) is 15.8. The lowest BCUT2D eigenvalue weighted by molar-refractivity contribution is -0.143. The number of carbonyl (C=O) groups is 3. The molecular weight excluding hydrogens is 358 g/mol. The first-order valence-corrected chi connectivity index (χ1v) is 9.25. The first kappa shape index (κ1) is 19.6. The van der Waals surface area contributed by atoms with Gasteiger partial charge in [0.25, 0.3) is 0 Å². The predicted octanol–water partition coefficient (Wildman–Crippen LogP) is 3.59. The van der Waals surface area contributed by atoms with E-state index in [0.29, 0.717) is 0 Å². The number of carboxylic acids is 1. The summed E-state index contributed by atoms with van der Waals surface area (Å²) in [5.41, 5.74) is 4.49. The van der Waals surface area contributed by atoms with Crippen LogP contribution in [0, 0.1) is 5.92 Å². The van der Waals surface area contributed by atoms with E-state index >= 15 is 0 Å². The molecule has 3 rings (SSSR count). The van der Waals surface area contributed by atoms with Crippen LogP contribution in [0.5, 0.6) is 0 Å². The van der Waals surface area contributed by atoms with Gasteiger partial charge in [0.05, 0.1) is 12.0 Å². The monoisotopic (exact) mass is 381 g/mol. The molecule has 28 heavy (non-hydrogen) atoms. The normalized spacial score (nSPS) is 14.5. The van der Waals surface area contributed by atoms with Crippen molar-refractivity contribution in [3.8, 4) is 11.1 Å². The van der Waals surface area contributed by atoms with Crippen molar-refractivity contribution in [1.29, 1.82) is 0 Å². The van der Waals surface area contributed by atoms with Gasteiger partial charge in [0, 0.05) is 12.3 Å². The minimum absolute atomic E-state index is 0.0591. The third-order valence-corrected chi connectivity index (χ3v) is 5.09. The van der Waals surface area contributed by atoms with Crippen LogP contribution in [0.2, 0.25) is 0 Å². The highest BCUT2D eigenvalue weighted by molar-refractivity contribution is 5.89. The number of hydrogen-bond donors (Lipinski definition) is 2. The van der Waals surface area contributed by atoms with E-state index in [4.69, 9.17) is 9.84 Å². The Morgan fingerprint density at radius 2 is 1.54 bits per heavy atom. The quantitative estimate of drug-likeness (QED) is 0.764. The maximum Gasteiger partial charge on any atom is 0.407 e. The summed E-state index contributed by atoms with van der Waals surface area (Å²) in [4.78, 5) is 35.1. The number of fused-ring (bicyclic) bond motifs is 3. The minimum atomic E-state index is -1.04. The maximum atomic E-state index is 12.2. The minimum Gasteiger partial charge on any atom is -0.481 e. The van der Waals surface area contributed by atoms with E-state index < -0.39 is 24.0 Å². The highest BCUT2D eigenvalue weighted by Crippen LogP contribution is 2.44. The molecule has 1 aliphatic rings. The molecule has 0 spiro atoms. The summed E-state index contributed by atoms with van der Waals surface area (Å²) >= 11 is 0. The van der Waals surface area contributed by atoms with Crippen LogP contribution in [0.3, 0.4) is 0 Å². The highest BCUT2D eigenvalue weighted by atomic mass is 16.5. The van der Waals surface area contributed by atoms with E-state index in [2.05, 4.69) is 17.4 Å². The van der Waals surface area contributed by atoms with E-state index in [1.54, 1.807) is 0 Å². The molecule has 2 unspecified atom stereocenters. The Kier molecular flexibility index (Phi) is 5.78. The first-order valence-electron chi connectivity index (χ1n) is 9.25. The summed E-state index contributed by atoms with van der Waals surface area (Å²) in [7, 11) is 0. The lowest BCUT2D eigenvalue weighted by atomic mass is 9.98. The van der Waals surface area contributed by atoms with Crippen LogP contribution in [0.25, 0.3) is 11.1 Å². The Balaban J connectivity index is 1.61. The van der Waals surface area contributed by atoms with Gasteiger partial charge in [0.1, 0.15) is 6.61 Å². The van der Waals surface area contributed by atoms with Crippen LogP contribution < -0.4 is 5.32 Å². The fourth-order valence-corrected chi connectivity index (χ4v) is 3.46. The SMILES string of the molecule is CC(CC(=O)C(C)NC(=O)OCC1c2ccccc2-c2ccccc21)C(=O)O. The summed E-state index contributed by atoms with van der Waals surface area (Å²) < 4.78 is 5.39. The van der Waals surface area contributed by atoms with Gasteiger partial charge >= 0.3 is 12.1 Å². The summed E-state index contributed by atoms with van der Waals surface area (Å²) in [6.07, 6.45) is -0.828. The third kappa shape index (κ3) is 4.06. The lowest BCUT2D eigenvalue weighted by Crippen LogP contribution is -2.40. The van der Waals surface area contributed by atoms with Gasteiger partial charge in [0.15, 0.2) is 5.78 Å². The standard InChI is InChI=1S/C22H23NO5/c1-13(21(25)26)11-20(24)14(2)23-22(27)28-12-19-17-9-5-3-7-15(17)16-8-4-6-10-18(16)19/h3-10,13-14,19H,11-12H2,1-2H3,(H,23,27)(H,25,26). The number of nitrogens with one attached hydrogen (secondary N) is 1. The molecule has 6 heteroatoms. The zero-order valence-electron chi connectivity index (χ0n) is 15.8. The second kappa shape index (κ2) is 8.25. The van der Waals surface area contributed by atoms with Crippen molar-refractivity contribution in [3.63, 3.8) is 0 Å². The number of alkyl carbamates (subject to hydrolysis) is 1. The van der Waals surface area contributed by atoms with Crippen molar-refractivity contribution in [2.75, 3.05) is 6.61 Å². The zero-order chi connectivity index (χ0) is 20.3. The van der Waals surface area contributed by atoms with Crippen LogP contribution in [-0.2, 0) is 14.3 Å². The molecule has 2 aromatic rings. The summed E-state index contributed by atoms with van der Waals surface area (Å²) in [6.45, 7) is 3.14. The molecule has 1 aliphatic carbocycles. The number of aliphatic carboxylic acids is 1. The Morgan fingerprint density at radius 3 is 2.07 bits per heavy atom. The molecule has 0 aromatic heterocycles. The van der Waals surface area contributed by atoms with Crippen LogP contribution in [-0.4, -0.2) is 35.6 Å². The molecule has 0 fully saturated rings. The molecule has 0 heterocycles. The maximum absolute atomic E-state index is 12.2. The van der Waals surface area contributed by atoms with Crippen LogP contribution in [0.1, 0.15) is 37.3 Å². The predicted molar refractivity (Wildman–Crippen MR) is 104 cm³/mol. The average Bonchev–Trinajstić information content (AvgIpc) is 3.00. The van der Waals surface area contributed by atoms with Gasteiger partial charge in [-0.25, -0.2) is 4.79 Å². The fraction of sp³-hybridized carbons (Fsp3) is 0.318. The Morgan fingerprint density at radius 1 is 1.00 bits per heavy atom. The number of benzene rings is 2. The molecule has 2 N–H and O–H groups in total. The van der Waals surface area contributed by atoms with Crippen molar-refractivity contribution < 1.29 is 24.2 Å². The largest absolute Gasteiger partial charge is 0.481 e. The second-order valence-corrected chi connectivity index (χ2v) is 7.10. The number of ketones is 1. The number of ether oxygens (including phenoxy) is 1. The molecule has 2 aromatic carbocycles. The molecule has 0 aliphatic heterocycles. The molecule has 0 saturated heterocycles. The lowest BCUT2D eigenvalue weighted by Gasteiger charge is -2.17. The van der Waals surface area contributed by atoms with Crippen molar-refractivity contribution in [1.82, 2.24) is 5.32 Å². The Bertz CT molecular complexity index is 862. The van der Waals surface area contributed by atoms with Gasteiger partial charge in [0.2, 0.25) is 0 Å². The third-order valence-electron chi connectivity index (χ3n) is 5.09. The van der Waals surface area contributed by atoms with Gasteiger partial charge in [-0.05, 0) is 29.2 Å². The van der Waals surface area contributed by atoms with E-state index in [1.165, 1.54) is 13.8 Å². The summed E-state index contributed by atoms with van der Waals surface area (Å²) in [6, 6.07) is 15.2. The van der Waals surface area contributed by atoms with Gasteiger partial charge in [-0.2, -0.15) is 0 Å². The van der Waals surface area contributed by atoms with E-state index in [9.17, 15) is 14.4 Å². The van der Waals surface area contributed by atoms with Crippen LogP contribution in [0.15, 0.2) is 48.5 Å². The molecule has 146 valence electrons. The molecule has 0 bridgehead atoms. The van der Waals surface area contributed by atoms with Gasteiger partial charge in [-0.3, -0.25) is 9.59 Å². The molecule has 2 atom stereocenters. The first-order chi connectivity index (χ1) is 13.4. The van der Waals surface area contributed by atoms with Gasteiger partial charge < -0.3 is 15.2 Å². The number of amides is 1. The molecule has 0 saturated carbocycles. The highest BCUT2D eigenvalue weighted by Gasteiger charge is 2.29. The molecule has 1 amide bonds. The number of carboxylic acid groups (broad SMARTS) is 1. The summed E-state index contributed by atoms with van der Waals surface area (Å²) in [5.74, 6) is -2.24. The van der Waals surface area contributed by atoms with Crippen molar-refractivity contribution >= 4 is 17.8 Å². The number of carbonyl (C=O) groups excluding carboxylic acids is 2. The van der Waals surface area contributed by atoms with Crippen molar-refractivity contribution in [2.24, 2.45) is 5.92 Å². The van der Waals surface area contributed by atoms with Gasteiger partial charge in [-0.1, -0.05) is 55.5 Å². The molecule has 0 radical (unpaired) electrons. The molecule has 6 nitrogen and oxygen atoms in total. The van der Waals surface area contributed by atoms with E-state index in [0.717, 1.165) is 22.3 Å². The van der Waals surface area contributed by atoms with Crippen molar-refractivity contribution in [2.45, 2.75) is 32.2 Å². The molecular formula is C22H23NO5. The van der Waals surface area contributed by atoms with Crippen LogP contribution >= 0.6 is 0 Å². The van der Waals surface area contributed by atoms with Crippen molar-refractivity contribution in [3.05, 3.63) is 59.7 Å². The number of hydrogen-bond acceptors (Lipinski definition) is 4. The average molecular weight is 381 g/mol. The number of Topliss-reactive ketones (excluding diaryl/α,β-unsaturated/α-hetero) is 1. The summed E-state index contributed by atoms with van der Waals surface area (Å²) in [5, 5.41) is 11.4. The van der Waals surface area contributed by atoms with E-state index in [-0.39, 0.29) is 24.7 Å². The Hall–Kier alpha value is -3.15. The fourth-order valence-electron chi connectivity index (χ4n) is 3.46. The number of rotatable bonds is 7. The topological polar surface area (TPSA) is 92.7 Å².